The summed E-state index contributed by atoms with van der Waals surface area (Å²) in [6, 6.07) is 0. The summed E-state index contributed by atoms with van der Waals surface area (Å²) in [5.41, 5.74) is 0. The minimum absolute atomic E-state index is 0. The van der Waals surface area contributed by atoms with E-state index in [2.05, 4.69) is 0 Å². The third kappa shape index (κ3) is 8.93. The Morgan fingerprint density at radius 2 is 0.750 bits per heavy atom. The first kappa shape index (κ1) is 36.0. The molecule has 4 heteroatoms. The first-order valence-corrected chi connectivity index (χ1v) is 0. The molecule has 0 heterocycles. The average Bonchev–Trinajstić information content (AvgIpc) is 0. The second-order valence-electron chi connectivity index (χ2n) is 0. The maximum atomic E-state index is 0. The summed E-state index contributed by atoms with van der Waals surface area (Å²) in [6.45, 7) is 0. The normalized spacial score (nSPS) is 0. The predicted octanol–water partition coefficient (Wildman–Crippen LogP) is 0.193. The second-order valence-corrected chi connectivity index (χ2v) is 0. The minimum atomic E-state index is 0. The molecule has 0 fully saturated rings. The summed E-state index contributed by atoms with van der Waals surface area (Å²) >= 11 is 0. The van der Waals surface area contributed by atoms with Gasteiger partial charge >= 0.3 is 29.6 Å². The van der Waals surface area contributed by atoms with E-state index in [0.717, 1.165) is 0 Å². The van der Waals surface area contributed by atoms with E-state index in [4.69, 9.17) is 0 Å². The van der Waals surface area contributed by atoms with Gasteiger partial charge in [-0.05, 0) is 0 Å². The Balaban J connectivity index is 0. The molecule has 0 rings (SSSR count). The van der Waals surface area contributed by atoms with Gasteiger partial charge in [-0.2, -0.15) is 0 Å². The maximum absolute atomic E-state index is 0. The van der Waals surface area contributed by atoms with E-state index in [9.17, 15) is 0 Å². The van der Waals surface area contributed by atoms with Crippen molar-refractivity contribution in [1.29, 1.82) is 0 Å². The van der Waals surface area contributed by atoms with E-state index in [-0.39, 0.29) is 71.4 Å². The zero-order valence-electron chi connectivity index (χ0n) is 1.17. The molecule has 0 aliphatic carbocycles. The van der Waals surface area contributed by atoms with Crippen LogP contribution in [0.15, 0.2) is 0 Å². The van der Waals surface area contributed by atoms with Crippen molar-refractivity contribution >= 4 is 54.4 Å². The molecule has 0 saturated heterocycles. The van der Waals surface area contributed by atoms with Crippen molar-refractivity contribution in [2.45, 2.75) is 0 Å². The van der Waals surface area contributed by atoms with Crippen LogP contribution in [-0.4, -0.2) is 29.6 Å². The third-order valence-corrected chi connectivity index (χ3v) is 0. The van der Waals surface area contributed by atoms with Crippen molar-refractivity contribution in [3.8, 4) is 0 Å². The molecule has 26 valence electrons. The molecule has 0 saturated carbocycles. The molecule has 0 nitrogen and oxygen atoms in total. The molecular weight excluding hydrogens is 150 g/mol. The molecular formula is H3Cl2FeNa. The van der Waals surface area contributed by atoms with E-state index >= 15 is 0 Å². The fourth-order valence-electron chi connectivity index (χ4n) is 0. The predicted molar refractivity (Wildman–Crippen MR) is 21.6 cm³/mol. The number of hydrogen-bond donors (Lipinski definition) is 0. The van der Waals surface area contributed by atoms with Crippen molar-refractivity contribution in [2.24, 2.45) is 0 Å². The molecule has 0 aromatic carbocycles. The van der Waals surface area contributed by atoms with Crippen molar-refractivity contribution in [3.63, 3.8) is 0 Å². The van der Waals surface area contributed by atoms with Gasteiger partial charge in [0.15, 0.2) is 0 Å². The van der Waals surface area contributed by atoms with Crippen LogP contribution in [0.4, 0.5) is 0 Å². The molecule has 0 radical (unpaired) electrons. The zero-order valence-corrected chi connectivity index (χ0v) is 3.91. The van der Waals surface area contributed by atoms with Crippen LogP contribution in [0.25, 0.3) is 0 Å². The molecule has 4 heavy (non-hydrogen) atoms. The molecule has 0 spiro atoms. The summed E-state index contributed by atoms with van der Waals surface area (Å²) in [5.74, 6) is 0. The monoisotopic (exact) mass is 152 g/mol. The molecule has 0 aliphatic heterocycles. The Kier molecular flexibility index (Phi) is 175. The Labute approximate surface area is 70.7 Å². The van der Waals surface area contributed by atoms with E-state index < -0.39 is 0 Å². The van der Waals surface area contributed by atoms with Gasteiger partial charge in [-0.15, -0.1) is 24.8 Å². The summed E-state index contributed by atoms with van der Waals surface area (Å²) in [4.78, 5) is 0. The molecule has 0 aromatic rings. The van der Waals surface area contributed by atoms with Crippen LogP contribution in [0.1, 0.15) is 0 Å². The first-order valence-electron chi connectivity index (χ1n) is 0. The first-order chi connectivity index (χ1) is 0. The topological polar surface area (TPSA) is 0 Å². The SMILES string of the molecule is Cl.Cl.[Fe].[NaH]. The van der Waals surface area contributed by atoms with Crippen LogP contribution in [0.2, 0.25) is 0 Å². The van der Waals surface area contributed by atoms with Crippen molar-refractivity contribution in [2.75, 3.05) is 0 Å². The second kappa shape index (κ2) is 19.4. The van der Waals surface area contributed by atoms with Crippen LogP contribution in [0, 0.1) is 0 Å². The van der Waals surface area contributed by atoms with Gasteiger partial charge in [-0.1, -0.05) is 0 Å². The van der Waals surface area contributed by atoms with Gasteiger partial charge in [-0.3, -0.25) is 0 Å². The standard InChI is InChI=1S/2ClH.Fe.Na.H/h2*1H;;;. The Morgan fingerprint density at radius 1 is 0.750 bits per heavy atom. The Morgan fingerprint density at radius 3 is 0.750 bits per heavy atom. The van der Waals surface area contributed by atoms with Crippen LogP contribution in [0.3, 0.4) is 0 Å². The summed E-state index contributed by atoms with van der Waals surface area (Å²) in [5, 5.41) is 0. The van der Waals surface area contributed by atoms with Crippen LogP contribution in [-0.2, 0) is 17.1 Å². The molecule has 0 amide bonds. The fraction of sp³-hybridized carbons (Fsp3) is 0. The van der Waals surface area contributed by atoms with Crippen molar-refractivity contribution < 1.29 is 17.1 Å². The van der Waals surface area contributed by atoms with Gasteiger partial charge < -0.3 is 0 Å². The summed E-state index contributed by atoms with van der Waals surface area (Å²) < 4.78 is 0. The van der Waals surface area contributed by atoms with E-state index in [0.29, 0.717) is 0 Å². The van der Waals surface area contributed by atoms with Crippen LogP contribution in [0.5, 0.6) is 0 Å². The van der Waals surface area contributed by atoms with Crippen molar-refractivity contribution in [3.05, 3.63) is 0 Å². The number of hydrogen-bond acceptors (Lipinski definition) is 0. The molecule has 0 aliphatic rings. The Bertz CT molecular complexity index is 6.00. The molecule has 0 unspecified atom stereocenters. The molecule has 0 N–H and O–H groups in total. The van der Waals surface area contributed by atoms with Gasteiger partial charge in [0.05, 0.1) is 0 Å². The van der Waals surface area contributed by atoms with Gasteiger partial charge in [0.25, 0.3) is 0 Å². The third-order valence-electron chi connectivity index (χ3n) is 0. The average molecular weight is 153 g/mol. The molecule has 0 atom stereocenters. The molecule has 0 bridgehead atoms. The van der Waals surface area contributed by atoms with Crippen LogP contribution < -0.4 is 0 Å². The summed E-state index contributed by atoms with van der Waals surface area (Å²) in [7, 11) is 0. The van der Waals surface area contributed by atoms with Crippen molar-refractivity contribution in [1.82, 2.24) is 0 Å². The van der Waals surface area contributed by atoms with Crippen LogP contribution >= 0.6 is 24.8 Å². The van der Waals surface area contributed by atoms with Gasteiger partial charge in [0.1, 0.15) is 0 Å². The fourth-order valence-corrected chi connectivity index (χ4v) is 0. The Hall–Kier alpha value is 2.10. The van der Waals surface area contributed by atoms with E-state index in [1.54, 1.807) is 0 Å². The number of halogens is 2. The van der Waals surface area contributed by atoms with E-state index in [1.165, 1.54) is 0 Å². The van der Waals surface area contributed by atoms with Gasteiger partial charge in [0.2, 0.25) is 0 Å². The quantitative estimate of drug-likeness (QED) is 0.435. The van der Waals surface area contributed by atoms with Gasteiger partial charge in [-0.25, -0.2) is 0 Å². The summed E-state index contributed by atoms with van der Waals surface area (Å²) in [6.07, 6.45) is 0. The van der Waals surface area contributed by atoms with E-state index in [1.807, 2.05) is 0 Å². The number of rotatable bonds is 0. The molecule has 0 aromatic heterocycles. The van der Waals surface area contributed by atoms with Gasteiger partial charge in [0, 0.05) is 17.1 Å². The zero-order chi connectivity index (χ0) is 0.